The first-order chi connectivity index (χ1) is 9.83. The van der Waals surface area contributed by atoms with Gasteiger partial charge in [0.15, 0.2) is 5.78 Å². The van der Waals surface area contributed by atoms with Crippen molar-refractivity contribution in [2.24, 2.45) is 0 Å². The molecule has 0 bridgehead atoms. The van der Waals surface area contributed by atoms with E-state index in [1.165, 1.54) is 32.1 Å². The van der Waals surface area contributed by atoms with Crippen molar-refractivity contribution in [2.75, 3.05) is 0 Å². The number of Topliss-reactive ketones (excluding diaryl/α,β-unsaturated/α-hetero) is 1. The summed E-state index contributed by atoms with van der Waals surface area (Å²) >= 11 is 0. The molecule has 0 aliphatic heterocycles. The number of carbonyl (C=O) groups excluding carboxylic acids is 1. The number of hydrogen-bond donors (Lipinski definition) is 0. The maximum atomic E-state index is 12.2. The van der Waals surface area contributed by atoms with Crippen molar-refractivity contribution in [3.05, 3.63) is 53.9 Å². The molecule has 2 aromatic rings. The van der Waals surface area contributed by atoms with Gasteiger partial charge in [-0.1, -0.05) is 49.6 Å². The van der Waals surface area contributed by atoms with E-state index in [0.29, 0.717) is 12.5 Å². The Bertz CT molecular complexity index is 568. The molecule has 1 aliphatic carbocycles. The Hall–Kier alpha value is -1.90. The summed E-state index contributed by atoms with van der Waals surface area (Å²) in [7, 11) is 0. The molecule has 1 heterocycles. The molecule has 1 saturated carbocycles. The third-order valence-electron chi connectivity index (χ3n) is 4.05. The lowest BCUT2D eigenvalue weighted by atomic mass is 9.96. The van der Waals surface area contributed by atoms with Crippen LogP contribution in [-0.2, 0) is 6.42 Å². The summed E-state index contributed by atoms with van der Waals surface area (Å²) in [5, 5.41) is 4.60. The lowest BCUT2D eigenvalue weighted by Crippen LogP contribution is -2.14. The second-order valence-corrected chi connectivity index (χ2v) is 5.54. The number of rotatable bonds is 4. The molecular weight excluding hydrogens is 248 g/mol. The fourth-order valence-electron chi connectivity index (χ4n) is 2.91. The van der Waals surface area contributed by atoms with Gasteiger partial charge in [0.1, 0.15) is 0 Å². The predicted octanol–water partition coefficient (Wildman–Crippen LogP) is 3.81. The average Bonchev–Trinajstić information content (AvgIpc) is 2.97. The second-order valence-electron chi connectivity index (χ2n) is 5.54. The van der Waals surface area contributed by atoms with E-state index in [1.807, 2.05) is 42.6 Å². The molecule has 3 heteroatoms. The van der Waals surface area contributed by atoms with Crippen LogP contribution in [-0.4, -0.2) is 15.6 Å². The third-order valence-corrected chi connectivity index (χ3v) is 4.05. The van der Waals surface area contributed by atoms with Gasteiger partial charge in [-0.15, -0.1) is 0 Å². The van der Waals surface area contributed by atoms with Crippen LogP contribution in [0.1, 0.15) is 54.2 Å². The van der Waals surface area contributed by atoms with Crippen molar-refractivity contribution >= 4 is 5.78 Å². The topological polar surface area (TPSA) is 34.9 Å². The Morgan fingerprint density at radius 1 is 1.10 bits per heavy atom. The molecule has 0 N–H and O–H groups in total. The third kappa shape index (κ3) is 2.98. The van der Waals surface area contributed by atoms with E-state index in [2.05, 4.69) is 9.78 Å². The number of hydrogen-bond acceptors (Lipinski definition) is 2. The van der Waals surface area contributed by atoms with Gasteiger partial charge < -0.3 is 0 Å². The number of benzene rings is 1. The highest BCUT2D eigenvalue weighted by atomic mass is 16.1. The van der Waals surface area contributed by atoms with Gasteiger partial charge in [-0.25, -0.2) is 0 Å². The monoisotopic (exact) mass is 268 g/mol. The molecule has 3 rings (SSSR count). The molecule has 1 aromatic heterocycles. The number of aromatic nitrogens is 2. The Morgan fingerprint density at radius 3 is 2.60 bits per heavy atom. The van der Waals surface area contributed by atoms with Gasteiger partial charge in [0.2, 0.25) is 0 Å². The molecule has 104 valence electrons. The first-order valence-electron chi connectivity index (χ1n) is 7.45. The van der Waals surface area contributed by atoms with Gasteiger partial charge in [-0.05, 0) is 18.9 Å². The Balaban J connectivity index is 1.66. The van der Waals surface area contributed by atoms with Gasteiger partial charge in [0.05, 0.1) is 18.2 Å². The molecule has 0 amide bonds. The van der Waals surface area contributed by atoms with Gasteiger partial charge in [-0.3, -0.25) is 9.48 Å². The van der Waals surface area contributed by atoms with Crippen LogP contribution in [0.25, 0.3) is 0 Å². The van der Waals surface area contributed by atoms with E-state index >= 15 is 0 Å². The maximum absolute atomic E-state index is 12.2. The summed E-state index contributed by atoms with van der Waals surface area (Å²) < 4.78 is 2.06. The molecule has 20 heavy (non-hydrogen) atoms. The SMILES string of the molecule is O=C(Cc1ccn(C2CCCCC2)n1)c1ccccc1. The summed E-state index contributed by atoms with van der Waals surface area (Å²) in [5.41, 5.74) is 1.64. The molecule has 0 radical (unpaired) electrons. The lowest BCUT2D eigenvalue weighted by Gasteiger charge is -2.21. The molecule has 1 aliphatic rings. The largest absolute Gasteiger partial charge is 0.294 e. The Kier molecular flexibility index (Phi) is 3.95. The zero-order valence-electron chi connectivity index (χ0n) is 11.7. The predicted molar refractivity (Wildman–Crippen MR) is 78.8 cm³/mol. The quantitative estimate of drug-likeness (QED) is 0.790. The standard InChI is InChI=1S/C17H20N2O/c20-17(14-7-3-1-4-8-14)13-15-11-12-19(18-15)16-9-5-2-6-10-16/h1,3-4,7-8,11-12,16H,2,5-6,9-10,13H2. The van der Waals surface area contributed by atoms with Crippen molar-refractivity contribution in [1.82, 2.24) is 9.78 Å². The van der Waals surface area contributed by atoms with Crippen LogP contribution in [0, 0.1) is 0 Å². The molecule has 0 saturated heterocycles. The van der Waals surface area contributed by atoms with Crippen molar-refractivity contribution in [1.29, 1.82) is 0 Å². The highest BCUT2D eigenvalue weighted by Crippen LogP contribution is 2.27. The maximum Gasteiger partial charge on any atom is 0.168 e. The van der Waals surface area contributed by atoms with E-state index < -0.39 is 0 Å². The van der Waals surface area contributed by atoms with Crippen LogP contribution in [0.4, 0.5) is 0 Å². The van der Waals surface area contributed by atoms with E-state index in [0.717, 1.165) is 11.3 Å². The minimum Gasteiger partial charge on any atom is -0.294 e. The van der Waals surface area contributed by atoms with Crippen molar-refractivity contribution in [3.8, 4) is 0 Å². The van der Waals surface area contributed by atoms with E-state index in [4.69, 9.17) is 0 Å². The van der Waals surface area contributed by atoms with E-state index in [9.17, 15) is 4.79 Å². The summed E-state index contributed by atoms with van der Waals surface area (Å²) in [6.45, 7) is 0. The zero-order valence-corrected chi connectivity index (χ0v) is 11.7. The van der Waals surface area contributed by atoms with Crippen molar-refractivity contribution < 1.29 is 4.79 Å². The van der Waals surface area contributed by atoms with Crippen LogP contribution in [0.5, 0.6) is 0 Å². The fourth-order valence-corrected chi connectivity index (χ4v) is 2.91. The molecule has 1 fully saturated rings. The Labute approximate surface area is 119 Å². The number of carbonyl (C=O) groups is 1. The Morgan fingerprint density at radius 2 is 1.85 bits per heavy atom. The lowest BCUT2D eigenvalue weighted by molar-refractivity contribution is 0.0991. The molecule has 0 unspecified atom stereocenters. The minimum absolute atomic E-state index is 0.138. The smallest absolute Gasteiger partial charge is 0.168 e. The second kappa shape index (κ2) is 6.04. The van der Waals surface area contributed by atoms with Gasteiger partial charge in [-0.2, -0.15) is 5.10 Å². The molecular formula is C17H20N2O. The summed E-state index contributed by atoms with van der Waals surface area (Å²) in [6, 6.07) is 12.0. The van der Waals surface area contributed by atoms with E-state index in [1.54, 1.807) is 0 Å². The van der Waals surface area contributed by atoms with Gasteiger partial charge in [0.25, 0.3) is 0 Å². The fraction of sp³-hybridized carbons (Fsp3) is 0.412. The number of nitrogens with zero attached hydrogens (tertiary/aromatic N) is 2. The van der Waals surface area contributed by atoms with Crippen LogP contribution in [0.3, 0.4) is 0 Å². The van der Waals surface area contributed by atoms with Crippen molar-refractivity contribution in [2.45, 2.75) is 44.6 Å². The summed E-state index contributed by atoms with van der Waals surface area (Å²) in [4.78, 5) is 12.2. The molecule has 0 spiro atoms. The van der Waals surface area contributed by atoms with Crippen LogP contribution in [0.15, 0.2) is 42.6 Å². The van der Waals surface area contributed by atoms with Gasteiger partial charge in [0, 0.05) is 11.8 Å². The number of ketones is 1. The molecule has 1 aromatic carbocycles. The van der Waals surface area contributed by atoms with E-state index in [-0.39, 0.29) is 5.78 Å². The molecule has 3 nitrogen and oxygen atoms in total. The minimum atomic E-state index is 0.138. The molecule has 0 atom stereocenters. The zero-order chi connectivity index (χ0) is 13.8. The first kappa shape index (κ1) is 13.1. The van der Waals surface area contributed by atoms with Crippen LogP contribution < -0.4 is 0 Å². The van der Waals surface area contributed by atoms with Crippen molar-refractivity contribution in [3.63, 3.8) is 0 Å². The van der Waals surface area contributed by atoms with Crippen LogP contribution >= 0.6 is 0 Å². The normalized spacial score (nSPS) is 16.2. The van der Waals surface area contributed by atoms with Crippen LogP contribution in [0.2, 0.25) is 0 Å². The summed E-state index contributed by atoms with van der Waals surface area (Å²) in [6.07, 6.45) is 8.79. The first-order valence-corrected chi connectivity index (χ1v) is 7.45. The highest BCUT2D eigenvalue weighted by molar-refractivity contribution is 5.97. The van der Waals surface area contributed by atoms with Gasteiger partial charge >= 0.3 is 0 Å². The average molecular weight is 268 g/mol. The summed E-state index contributed by atoms with van der Waals surface area (Å²) in [5.74, 6) is 0.138. The highest BCUT2D eigenvalue weighted by Gasteiger charge is 2.16.